The van der Waals surface area contributed by atoms with Gasteiger partial charge in [-0.05, 0) is 24.7 Å². The predicted octanol–water partition coefficient (Wildman–Crippen LogP) is 1.19. The van der Waals surface area contributed by atoms with Crippen molar-refractivity contribution in [1.29, 1.82) is 0 Å². The minimum absolute atomic E-state index is 0.0378. The molecule has 5 heteroatoms. The van der Waals surface area contributed by atoms with Crippen LogP contribution >= 0.6 is 0 Å². The smallest absolute Gasteiger partial charge is 0.305 e. The van der Waals surface area contributed by atoms with Gasteiger partial charge >= 0.3 is 5.97 Å². The Morgan fingerprint density at radius 3 is 2.76 bits per heavy atom. The van der Waals surface area contributed by atoms with Gasteiger partial charge in [0.15, 0.2) is 11.5 Å². The summed E-state index contributed by atoms with van der Waals surface area (Å²) in [5.74, 6) is 0.559. The van der Waals surface area contributed by atoms with Gasteiger partial charge in [0.1, 0.15) is 13.2 Å². The van der Waals surface area contributed by atoms with Crippen molar-refractivity contribution >= 4 is 5.97 Å². The fourth-order valence-electron chi connectivity index (χ4n) is 1.84. The molecule has 5 nitrogen and oxygen atoms in total. The highest BCUT2D eigenvalue weighted by atomic mass is 16.6. The topological polar surface area (TPSA) is 67.8 Å². The fraction of sp³-hybridized carbons (Fsp3) is 0.417. The number of carbonyl (C=O) groups is 1. The Morgan fingerprint density at radius 2 is 2.12 bits per heavy atom. The molecule has 0 spiro atoms. The van der Waals surface area contributed by atoms with E-state index in [4.69, 9.17) is 14.6 Å². The summed E-state index contributed by atoms with van der Waals surface area (Å²) in [6.07, 6.45) is 0.0378. The standard InChI is InChI=1S/C12H15NO4/c1-13-9(7-12(14)15)8-2-3-10-11(6-8)17-5-4-16-10/h2-3,6,9,13H,4-5,7H2,1H3,(H,14,15). The zero-order chi connectivity index (χ0) is 12.3. The Labute approximate surface area is 99.3 Å². The van der Waals surface area contributed by atoms with Crippen molar-refractivity contribution < 1.29 is 19.4 Å². The largest absolute Gasteiger partial charge is 0.486 e. The van der Waals surface area contributed by atoms with Gasteiger partial charge in [-0.2, -0.15) is 0 Å². The average molecular weight is 237 g/mol. The van der Waals surface area contributed by atoms with Crippen LogP contribution in [-0.4, -0.2) is 31.3 Å². The van der Waals surface area contributed by atoms with E-state index >= 15 is 0 Å². The molecule has 17 heavy (non-hydrogen) atoms. The third-order valence-corrected chi connectivity index (χ3v) is 2.70. The van der Waals surface area contributed by atoms with E-state index < -0.39 is 5.97 Å². The summed E-state index contributed by atoms with van der Waals surface area (Å²) in [6.45, 7) is 1.08. The molecule has 0 aliphatic carbocycles. The van der Waals surface area contributed by atoms with Gasteiger partial charge in [0.25, 0.3) is 0 Å². The molecule has 0 amide bonds. The van der Waals surface area contributed by atoms with E-state index in [2.05, 4.69) is 5.32 Å². The summed E-state index contributed by atoms with van der Waals surface area (Å²) < 4.78 is 10.9. The molecule has 1 unspecified atom stereocenters. The summed E-state index contributed by atoms with van der Waals surface area (Å²) >= 11 is 0. The van der Waals surface area contributed by atoms with E-state index in [0.29, 0.717) is 24.7 Å². The lowest BCUT2D eigenvalue weighted by molar-refractivity contribution is -0.137. The van der Waals surface area contributed by atoms with Gasteiger partial charge in [-0.25, -0.2) is 0 Å². The van der Waals surface area contributed by atoms with E-state index in [1.165, 1.54) is 0 Å². The zero-order valence-electron chi connectivity index (χ0n) is 9.60. The minimum atomic E-state index is -0.834. The molecule has 1 aliphatic heterocycles. The molecule has 1 aromatic carbocycles. The van der Waals surface area contributed by atoms with E-state index in [1.54, 1.807) is 7.05 Å². The number of hydrogen-bond donors (Lipinski definition) is 2. The second-order valence-electron chi connectivity index (χ2n) is 3.84. The van der Waals surface area contributed by atoms with Crippen LogP contribution in [-0.2, 0) is 4.79 Å². The normalized spacial score (nSPS) is 15.4. The van der Waals surface area contributed by atoms with Crippen LogP contribution in [0.2, 0.25) is 0 Å². The van der Waals surface area contributed by atoms with Gasteiger partial charge in [0, 0.05) is 6.04 Å². The van der Waals surface area contributed by atoms with Gasteiger partial charge in [-0.3, -0.25) is 4.79 Å². The van der Waals surface area contributed by atoms with Crippen molar-refractivity contribution in [2.75, 3.05) is 20.3 Å². The molecule has 92 valence electrons. The van der Waals surface area contributed by atoms with E-state index in [-0.39, 0.29) is 12.5 Å². The fourth-order valence-corrected chi connectivity index (χ4v) is 1.84. The quantitative estimate of drug-likeness (QED) is 0.823. The Hall–Kier alpha value is -1.75. The Bertz CT molecular complexity index is 419. The lowest BCUT2D eigenvalue weighted by Gasteiger charge is -2.21. The number of nitrogens with one attached hydrogen (secondary N) is 1. The lowest BCUT2D eigenvalue weighted by Crippen LogP contribution is -2.21. The van der Waals surface area contributed by atoms with Crippen molar-refractivity contribution in [2.24, 2.45) is 0 Å². The molecule has 1 aromatic rings. The first-order valence-corrected chi connectivity index (χ1v) is 5.49. The molecule has 0 aromatic heterocycles. The predicted molar refractivity (Wildman–Crippen MR) is 61.5 cm³/mol. The van der Waals surface area contributed by atoms with Crippen molar-refractivity contribution in [3.8, 4) is 11.5 Å². The summed E-state index contributed by atoms with van der Waals surface area (Å²) in [5.41, 5.74) is 0.888. The van der Waals surface area contributed by atoms with Crippen LogP contribution in [0.15, 0.2) is 18.2 Å². The number of ether oxygens (including phenoxy) is 2. The number of aliphatic carboxylic acids is 1. The number of rotatable bonds is 4. The number of carboxylic acids is 1. The molecule has 2 N–H and O–H groups in total. The summed E-state index contributed by atoms with van der Waals surface area (Å²) in [5, 5.41) is 11.8. The third-order valence-electron chi connectivity index (χ3n) is 2.70. The van der Waals surface area contributed by atoms with Crippen LogP contribution in [0, 0.1) is 0 Å². The first-order chi connectivity index (χ1) is 8.20. The SMILES string of the molecule is CNC(CC(=O)O)c1ccc2c(c1)OCCO2. The zero-order valence-corrected chi connectivity index (χ0v) is 9.60. The molecule has 1 aliphatic rings. The molecule has 0 radical (unpaired) electrons. The Balaban J connectivity index is 2.22. The maximum Gasteiger partial charge on any atom is 0.305 e. The Morgan fingerprint density at radius 1 is 1.41 bits per heavy atom. The van der Waals surface area contributed by atoms with Crippen molar-refractivity contribution in [3.05, 3.63) is 23.8 Å². The summed E-state index contributed by atoms with van der Waals surface area (Å²) in [6, 6.07) is 5.29. The van der Waals surface area contributed by atoms with Crippen LogP contribution in [0.4, 0.5) is 0 Å². The number of benzene rings is 1. The van der Waals surface area contributed by atoms with Crippen LogP contribution in [0.5, 0.6) is 11.5 Å². The molecule has 1 heterocycles. The molecule has 1 atom stereocenters. The van der Waals surface area contributed by atoms with Gasteiger partial charge in [-0.1, -0.05) is 6.07 Å². The van der Waals surface area contributed by atoms with Crippen LogP contribution in [0.3, 0.4) is 0 Å². The molecule has 0 saturated carbocycles. The molecule has 0 fully saturated rings. The molecule has 0 saturated heterocycles. The van der Waals surface area contributed by atoms with Crippen molar-refractivity contribution in [3.63, 3.8) is 0 Å². The first-order valence-electron chi connectivity index (χ1n) is 5.49. The summed E-state index contributed by atoms with van der Waals surface area (Å²) in [4.78, 5) is 10.7. The molecular formula is C12H15NO4. The lowest BCUT2D eigenvalue weighted by atomic mass is 10.0. The van der Waals surface area contributed by atoms with Crippen LogP contribution < -0.4 is 14.8 Å². The van der Waals surface area contributed by atoms with Gasteiger partial charge in [0.2, 0.25) is 0 Å². The maximum atomic E-state index is 10.7. The van der Waals surface area contributed by atoms with E-state index in [9.17, 15) is 4.79 Å². The molecule has 0 bridgehead atoms. The monoisotopic (exact) mass is 237 g/mol. The van der Waals surface area contributed by atoms with Gasteiger partial charge in [0.05, 0.1) is 6.42 Å². The third kappa shape index (κ3) is 2.68. The maximum absolute atomic E-state index is 10.7. The average Bonchev–Trinajstić information content (AvgIpc) is 2.35. The van der Waals surface area contributed by atoms with Crippen molar-refractivity contribution in [2.45, 2.75) is 12.5 Å². The first kappa shape index (κ1) is 11.7. The van der Waals surface area contributed by atoms with Crippen LogP contribution in [0.1, 0.15) is 18.0 Å². The van der Waals surface area contributed by atoms with Crippen LogP contribution in [0.25, 0.3) is 0 Å². The van der Waals surface area contributed by atoms with Gasteiger partial charge < -0.3 is 19.9 Å². The highest BCUT2D eigenvalue weighted by Crippen LogP contribution is 2.33. The second kappa shape index (κ2) is 5.05. The summed E-state index contributed by atoms with van der Waals surface area (Å²) in [7, 11) is 1.74. The van der Waals surface area contributed by atoms with Crippen molar-refractivity contribution in [1.82, 2.24) is 5.32 Å². The minimum Gasteiger partial charge on any atom is -0.486 e. The molecular weight excluding hydrogens is 222 g/mol. The van der Waals surface area contributed by atoms with E-state index in [1.807, 2.05) is 18.2 Å². The Kier molecular flexibility index (Phi) is 3.49. The highest BCUT2D eigenvalue weighted by Gasteiger charge is 2.17. The highest BCUT2D eigenvalue weighted by molar-refractivity contribution is 5.68. The van der Waals surface area contributed by atoms with E-state index in [0.717, 1.165) is 5.56 Å². The molecule has 2 rings (SSSR count). The number of fused-ring (bicyclic) bond motifs is 1. The number of hydrogen-bond acceptors (Lipinski definition) is 4. The second-order valence-corrected chi connectivity index (χ2v) is 3.84. The number of carboxylic acid groups (broad SMARTS) is 1. The van der Waals surface area contributed by atoms with Gasteiger partial charge in [-0.15, -0.1) is 0 Å².